The summed E-state index contributed by atoms with van der Waals surface area (Å²) in [6, 6.07) is 11.3. The molecule has 0 saturated carbocycles. The molecule has 3 aliphatic rings. The van der Waals surface area contributed by atoms with Gasteiger partial charge in [0, 0.05) is 18.2 Å². The molecule has 3 heterocycles. The monoisotopic (exact) mass is 787 g/mol. The number of carbonyl (C=O) groups excluding carboxylic acids is 1. The minimum absolute atomic E-state index is 0.0154. The summed E-state index contributed by atoms with van der Waals surface area (Å²) in [5.41, 5.74) is 1.05. The summed E-state index contributed by atoms with van der Waals surface area (Å²) in [7, 11) is 2.64. The Bertz CT molecular complexity index is 1910. The second kappa shape index (κ2) is 16.8. The smallest absolute Gasteiger partial charge is 0.331 e. The molecule has 11 atom stereocenters. The number of aliphatic hydroxyl groups is 6. The van der Waals surface area contributed by atoms with Gasteiger partial charge in [-0.3, -0.25) is 0 Å². The molecule has 0 aliphatic carbocycles. The van der Waals surface area contributed by atoms with Crippen LogP contribution in [0, 0.1) is 0 Å². The molecule has 0 spiro atoms. The van der Waals surface area contributed by atoms with Gasteiger partial charge in [-0.25, -0.2) is 4.79 Å². The molecule has 6 rings (SSSR count). The predicted octanol–water partition coefficient (Wildman–Crippen LogP) is 0.796. The quantitative estimate of drug-likeness (QED) is 0.0738. The maximum Gasteiger partial charge on any atom is 0.331 e. The van der Waals surface area contributed by atoms with Gasteiger partial charge in [-0.1, -0.05) is 12.1 Å². The Hall–Kier alpha value is -5.31. The lowest BCUT2D eigenvalue weighted by Crippen LogP contribution is -2.61. The number of methoxy groups -OCH3 is 2. The molecule has 1 unspecified atom stereocenters. The molecular weight excluding hydrogens is 744 g/mol. The minimum atomic E-state index is -1.85. The number of rotatable bonds is 11. The van der Waals surface area contributed by atoms with Gasteiger partial charge in [0.2, 0.25) is 12.0 Å². The first kappa shape index (κ1) is 40.4. The summed E-state index contributed by atoms with van der Waals surface area (Å²) in [6.45, 7) is 0.896. The van der Waals surface area contributed by atoms with Crippen molar-refractivity contribution in [2.45, 2.75) is 74.4 Å². The Kier molecular flexibility index (Phi) is 12.1. The largest absolute Gasteiger partial charge is 0.571 e. The minimum Gasteiger partial charge on any atom is -0.571 e. The number of benzene rings is 3. The van der Waals surface area contributed by atoms with E-state index in [0.717, 1.165) is 12.1 Å². The lowest BCUT2D eigenvalue weighted by atomic mass is 9.98. The van der Waals surface area contributed by atoms with Crippen LogP contribution in [0.15, 0.2) is 60.4 Å². The molecule has 0 bridgehead atoms. The fourth-order valence-corrected chi connectivity index (χ4v) is 6.40. The van der Waals surface area contributed by atoms with Crippen LogP contribution in [0.4, 0.5) is 0 Å². The number of esters is 1. The zero-order valence-electron chi connectivity index (χ0n) is 30.1. The van der Waals surface area contributed by atoms with Crippen LogP contribution in [0.1, 0.15) is 29.7 Å². The second-order valence-corrected chi connectivity index (χ2v) is 13.2. The number of ether oxygens (including phenoxy) is 8. The second-order valence-electron chi connectivity index (χ2n) is 13.2. The van der Waals surface area contributed by atoms with Crippen LogP contribution in [0.3, 0.4) is 0 Å². The number of aliphatic hydroxyl groups excluding tert-OH is 5. The van der Waals surface area contributed by atoms with E-state index in [-0.39, 0.29) is 51.6 Å². The lowest BCUT2D eigenvalue weighted by Gasteiger charge is -2.43. The summed E-state index contributed by atoms with van der Waals surface area (Å²) in [4.78, 5) is 12.5. The Balaban J connectivity index is 1.16. The van der Waals surface area contributed by atoms with Crippen molar-refractivity contribution in [3.8, 4) is 40.2 Å². The van der Waals surface area contributed by atoms with Crippen LogP contribution in [0.25, 0.3) is 12.2 Å². The molecule has 2 saturated heterocycles. The third kappa shape index (κ3) is 8.42. The third-order valence-corrected chi connectivity index (χ3v) is 9.44. The number of hydrogen-bond donors (Lipinski definition) is 9. The van der Waals surface area contributed by atoms with Crippen LogP contribution < -0.4 is 9.47 Å². The van der Waals surface area contributed by atoms with Gasteiger partial charge in [-0.05, 0) is 42.8 Å². The van der Waals surface area contributed by atoms with Crippen LogP contribution >= 0.6 is 0 Å². The van der Waals surface area contributed by atoms with E-state index in [4.69, 9.17) is 33.2 Å². The average Bonchev–Trinajstić information content (AvgIpc) is 3.17. The molecular formula is C38H43O18+. The SMILES string of the molecule is COc1cc(C2[OH+]c3cc(O)cc(O)c3C=C2O[C@@H]2O[C@H](CO[C@@H]3O[C@@H](C)[C@H](OC(=O)/C=C/c4ccc(O)cc4)[C@H](O)[C@@H]3O)[C@H](O)[C@@H](O)[C@@H]2O)cc(OC)c1O. The van der Waals surface area contributed by atoms with Gasteiger partial charge in [0.1, 0.15) is 59.4 Å². The van der Waals surface area contributed by atoms with E-state index in [1.54, 1.807) is 12.1 Å². The molecule has 3 aromatic rings. The zero-order chi connectivity index (χ0) is 40.4. The Morgan fingerprint density at radius 3 is 2.12 bits per heavy atom. The number of phenolic OH excluding ortho intramolecular Hbond substituents is 4. The Morgan fingerprint density at radius 2 is 1.46 bits per heavy atom. The summed E-state index contributed by atoms with van der Waals surface area (Å²) in [5.74, 6) is -1.60. The van der Waals surface area contributed by atoms with Crippen molar-refractivity contribution in [2.75, 3.05) is 20.8 Å². The lowest BCUT2D eigenvalue weighted by molar-refractivity contribution is -0.325. The molecule has 0 aromatic heterocycles. The van der Waals surface area contributed by atoms with Crippen molar-refractivity contribution in [3.63, 3.8) is 0 Å². The molecule has 10 N–H and O–H groups in total. The average molecular weight is 788 g/mol. The molecule has 3 aromatic carbocycles. The molecule has 0 amide bonds. The van der Waals surface area contributed by atoms with E-state index in [2.05, 4.69) is 4.74 Å². The highest BCUT2D eigenvalue weighted by Gasteiger charge is 2.49. The van der Waals surface area contributed by atoms with E-state index in [9.17, 15) is 50.8 Å². The van der Waals surface area contributed by atoms with E-state index in [0.29, 0.717) is 11.1 Å². The highest BCUT2D eigenvalue weighted by molar-refractivity contribution is 5.87. The topological polar surface area (TPSA) is 277 Å². The summed E-state index contributed by atoms with van der Waals surface area (Å²) in [5, 5.41) is 95.1. The predicted molar refractivity (Wildman–Crippen MR) is 190 cm³/mol. The summed E-state index contributed by atoms with van der Waals surface area (Å²) >= 11 is 0. The fraction of sp³-hybridized carbons (Fsp3) is 0.395. The fourth-order valence-electron chi connectivity index (χ4n) is 6.40. The van der Waals surface area contributed by atoms with Crippen molar-refractivity contribution in [2.24, 2.45) is 0 Å². The van der Waals surface area contributed by atoms with Gasteiger partial charge < -0.3 is 83.9 Å². The van der Waals surface area contributed by atoms with Crippen LogP contribution in [0.2, 0.25) is 0 Å². The van der Waals surface area contributed by atoms with E-state index >= 15 is 0 Å². The zero-order valence-corrected chi connectivity index (χ0v) is 30.1. The highest BCUT2D eigenvalue weighted by Crippen LogP contribution is 2.48. The summed E-state index contributed by atoms with van der Waals surface area (Å²) < 4.78 is 43.9. The number of carbonyl (C=O) groups is 1. The van der Waals surface area contributed by atoms with Gasteiger partial charge in [0.25, 0.3) is 11.9 Å². The molecule has 2 fully saturated rings. The number of hydrogen-bond acceptors (Lipinski definition) is 17. The summed E-state index contributed by atoms with van der Waals surface area (Å²) in [6.07, 6.45) is -13.0. The van der Waals surface area contributed by atoms with Crippen molar-refractivity contribution >= 4 is 18.1 Å². The van der Waals surface area contributed by atoms with Crippen LogP contribution in [-0.2, 0) is 28.5 Å². The normalized spacial score (nSPS) is 30.1. The molecule has 302 valence electrons. The van der Waals surface area contributed by atoms with E-state index in [1.165, 1.54) is 63.6 Å². The number of phenols is 4. The van der Waals surface area contributed by atoms with Gasteiger partial charge in [-0.2, -0.15) is 0 Å². The van der Waals surface area contributed by atoms with E-state index in [1.807, 2.05) is 0 Å². The van der Waals surface area contributed by atoms with Gasteiger partial charge in [0.05, 0.1) is 38.6 Å². The van der Waals surface area contributed by atoms with Crippen LogP contribution in [0.5, 0.6) is 40.2 Å². The van der Waals surface area contributed by atoms with Gasteiger partial charge in [-0.15, -0.1) is 0 Å². The van der Waals surface area contributed by atoms with Crippen molar-refractivity contribution in [1.82, 2.24) is 0 Å². The van der Waals surface area contributed by atoms with Crippen molar-refractivity contribution in [3.05, 3.63) is 77.1 Å². The number of fused-ring (bicyclic) bond motifs is 1. The Morgan fingerprint density at radius 1 is 0.804 bits per heavy atom. The highest BCUT2D eigenvalue weighted by atomic mass is 16.7. The first-order valence-corrected chi connectivity index (χ1v) is 17.3. The third-order valence-electron chi connectivity index (χ3n) is 9.44. The van der Waals surface area contributed by atoms with Crippen molar-refractivity contribution in [1.29, 1.82) is 0 Å². The first-order valence-electron chi connectivity index (χ1n) is 17.3. The maximum absolute atomic E-state index is 12.5. The number of aromatic hydroxyl groups is 5. The van der Waals surface area contributed by atoms with Gasteiger partial charge in [0.15, 0.2) is 29.7 Å². The first-order chi connectivity index (χ1) is 26.7. The van der Waals surface area contributed by atoms with Crippen molar-refractivity contribution < 1.29 is 88.6 Å². The Labute approximate surface area is 319 Å². The standard InChI is InChI=1S/C38H42O18/c1-16-35(56-28(42)9-6-17-4-7-19(39)8-5-17)32(46)34(48)37(52-16)51-15-27-30(44)31(45)33(47)38(55-27)54-26-14-21-22(41)12-20(40)13-23(21)53-36(26)18-10-24(49-2)29(43)25(11-18)50-3/h4-14,16,27,30-41,43-48H,15H2,1-3H3/p+1/b9-6+/t16-,27+,30-,31+,32+,33-,34-,35-,36?,37+,38+/m0/s1. The van der Waals surface area contributed by atoms with Gasteiger partial charge >= 0.3 is 5.97 Å². The van der Waals surface area contributed by atoms with E-state index < -0.39 is 80.1 Å². The molecule has 18 heteroatoms. The maximum atomic E-state index is 12.5. The molecule has 0 radical (unpaired) electrons. The molecule has 3 aliphatic heterocycles. The van der Waals surface area contributed by atoms with Crippen LogP contribution in [-0.4, -0.2) is 139 Å². The molecule has 56 heavy (non-hydrogen) atoms. The molecule has 18 nitrogen and oxygen atoms in total.